The van der Waals surface area contributed by atoms with Gasteiger partial charge in [-0.15, -0.1) is 0 Å². The molecule has 0 saturated heterocycles. The third kappa shape index (κ3) is 2.44. The van der Waals surface area contributed by atoms with Gasteiger partial charge in [-0.05, 0) is 18.6 Å². The summed E-state index contributed by atoms with van der Waals surface area (Å²) in [6.07, 6.45) is 1.74. The quantitative estimate of drug-likeness (QED) is 0.664. The Bertz CT molecular complexity index is 557. The van der Waals surface area contributed by atoms with Gasteiger partial charge in [-0.3, -0.25) is 0 Å². The lowest BCUT2D eigenvalue weighted by Gasteiger charge is -2.09. The van der Waals surface area contributed by atoms with Crippen LogP contribution in [0.4, 0.5) is 5.82 Å². The third-order valence-corrected chi connectivity index (χ3v) is 2.88. The van der Waals surface area contributed by atoms with E-state index in [0.717, 1.165) is 24.1 Å². The Morgan fingerprint density at radius 2 is 2.06 bits per heavy atom. The molecule has 4 nitrogen and oxygen atoms in total. The molecule has 0 bridgehead atoms. The van der Waals surface area contributed by atoms with E-state index < -0.39 is 0 Å². The number of nitrogens with two attached hydrogens (primary N) is 1. The second-order valence-electron chi connectivity index (χ2n) is 3.67. The monoisotopic (exact) mass is 270 g/mol. The van der Waals surface area contributed by atoms with Crippen molar-refractivity contribution in [2.45, 2.75) is 19.8 Å². The zero-order valence-corrected chi connectivity index (χ0v) is 10.8. The van der Waals surface area contributed by atoms with Crippen LogP contribution in [0, 0.1) is 0 Å². The second-order valence-corrected chi connectivity index (χ2v) is 4.51. The minimum atomic E-state index is 0.503. The van der Waals surface area contributed by atoms with Crippen molar-refractivity contribution in [3.05, 3.63) is 28.0 Å². The van der Waals surface area contributed by atoms with Crippen LogP contribution < -0.4 is 11.3 Å². The van der Waals surface area contributed by atoms with Gasteiger partial charge in [0.2, 0.25) is 0 Å². The van der Waals surface area contributed by atoms with Crippen LogP contribution >= 0.6 is 23.2 Å². The number of nitrogen functional groups attached to an aromatic ring is 1. The highest BCUT2D eigenvalue weighted by Gasteiger charge is 2.10. The Morgan fingerprint density at radius 3 is 2.71 bits per heavy atom. The van der Waals surface area contributed by atoms with Gasteiger partial charge in [-0.1, -0.05) is 30.1 Å². The van der Waals surface area contributed by atoms with Crippen LogP contribution in [0.3, 0.4) is 0 Å². The summed E-state index contributed by atoms with van der Waals surface area (Å²) in [5.41, 5.74) is 3.22. The van der Waals surface area contributed by atoms with E-state index in [0.29, 0.717) is 21.4 Å². The molecule has 0 aliphatic heterocycles. The van der Waals surface area contributed by atoms with Crippen molar-refractivity contribution in [3.8, 4) is 0 Å². The summed E-state index contributed by atoms with van der Waals surface area (Å²) in [6, 6.07) is 3.40. The minimum Gasteiger partial charge on any atom is -0.308 e. The van der Waals surface area contributed by atoms with Crippen LogP contribution in [-0.4, -0.2) is 9.97 Å². The molecule has 0 fully saturated rings. The van der Waals surface area contributed by atoms with Crippen LogP contribution in [0.2, 0.25) is 10.0 Å². The molecule has 17 heavy (non-hydrogen) atoms. The minimum absolute atomic E-state index is 0.503. The van der Waals surface area contributed by atoms with E-state index in [1.165, 1.54) is 0 Å². The molecule has 1 heterocycles. The molecule has 1 aromatic carbocycles. The number of aryl methyl sites for hydroxylation is 1. The zero-order valence-electron chi connectivity index (χ0n) is 9.30. The first-order valence-electron chi connectivity index (χ1n) is 5.28. The molecule has 2 aromatic rings. The Balaban J connectivity index is 2.73. The number of halogens is 2. The molecule has 0 unspecified atom stereocenters. The highest BCUT2D eigenvalue weighted by Crippen LogP contribution is 2.30. The molecule has 90 valence electrons. The van der Waals surface area contributed by atoms with Gasteiger partial charge in [0.25, 0.3) is 0 Å². The lowest BCUT2D eigenvalue weighted by Crippen LogP contribution is -2.11. The van der Waals surface area contributed by atoms with E-state index in [1.807, 2.05) is 0 Å². The molecular formula is C11H12Cl2N4. The Morgan fingerprint density at radius 1 is 1.29 bits per heavy atom. The predicted molar refractivity (Wildman–Crippen MR) is 71.4 cm³/mol. The lowest BCUT2D eigenvalue weighted by molar-refractivity contribution is 0.845. The van der Waals surface area contributed by atoms with Crippen molar-refractivity contribution in [2.24, 2.45) is 5.84 Å². The Labute approximate surface area is 109 Å². The summed E-state index contributed by atoms with van der Waals surface area (Å²) >= 11 is 12.1. The molecule has 0 aliphatic rings. The maximum absolute atomic E-state index is 6.12. The van der Waals surface area contributed by atoms with Gasteiger partial charge >= 0.3 is 0 Å². The number of nitrogens with zero attached hydrogens (tertiary/aromatic N) is 2. The van der Waals surface area contributed by atoms with E-state index in [-0.39, 0.29) is 0 Å². The number of nitrogens with one attached hydrogen (secondary N) is 1. The normalized spacial score (nSPS) is 10.8. The van der Waals surface area contributed by atoms with Gasteiger partial charge in [0.15, 0.2) is 5.82 Å². The van der Waals surface area contributed by atoms with E-state index in [9.17, 15) is 0 Å². The van der Waals surface area contributed by atoms with Crippen molar-refractivity contribution < 1.29 is 0 Å². The number of hydrogen-bond acceptors (Lipinski definition) is 4. The first-order valence-corrected chi connectivity index (χ1v) is 6.03. The fourth-order valence-electron chi connectivity index (χ4n) is 1.65. The average molecular weight is 271 g/mol. The SMILES string of the molecule is CCCc1nc(NN)c2cc(Cl)cc(Cl)c2n1. The van der Waals surface area contributed by atoms with Crippen LogP contribution in [0.1, 0.15) is 19.2 Å². The van der Waals surface area contributed by atoms with Crippen molar-refractivity contribution in [1.82, 2.24) is 9.97 Å². The molecule has 0 atom stereocenters. The summed E-state index contributed by atoms with van der Waals surface area (Å²) in [4.78, 5) is 8.74. The predicted octanol–water partition coefficient (Wildman–Crippen LogP) is 3.17. The first kappa shape index (κ1) is 12.4. The van der Waals surface area contributed by atoms with Gasteiger partial charge in [-0.25, -0.2) is 15.8 Å². The molecule has 0 amide bonds. The van der Waals surface area contributed by atoms with Crippen molar-refractivity contribution in [2.75, 3.05) is 5.43 Å². The highest BCUT2D eigenvalue weighted by molar-refractivity contribution is 6.38. The summed E-state index contributed by atoms with van der Waals surface area (Å²) in [5.74, 6) is 6.72. The first-order chi connectivity index (χ1) is 8.15. The van der Waals surface area contributed by atoms with Gasteiger partial charge in [0.1, 0.15) is 5.82 Å². The van der Waals surface area contributed by atoms with E-state index in [4.69, 9.17) is 29.0 Å². The van der Waals surface area contributed by atoms with Crippen LogP contribution in [0.5, 0.6) is 0 Å². The number of benzene rings is 1. The lowest BCUT2D eigenvalue weighted by atomic mass is 10.2. The second kappa shape index (κ2) is 5.04. The molecule has 0 spiro atoms. The molecule has 1 aromatic heterocycles. The number of aromatic nitrogens is 2. The summed E-state index contributed by atoms with van der Waals surface area (Å²) in [5, 5.41) is 1.76. The molecule has 2 rings (SSSR count). The van der Waals surface area contributed by atoms with Crippen LogP contribution in [0.25, 0.3) is 10.9 Å². The van der Waals surface area contributed by atoms with Crippen LogP contribution in [0.15, 0.2) is 12.1 Å². The van der Waals surface area contributed by atoms with Gasteiger partial charge in [-0.2, -0.15) is 0 Å². The van der Waals surface area contributed by atoms with Gasteiger partial charge in [0, 0.05) is 16.8 Å². The third-order valence-electron chi connectivity index (χ3n) is 2.38. The summed E-state index contributed by atoms with van der Waals surface area (Å²) in [7, 11) is 0. The largest absolute Gasteiger partial charge is 0.308 e. The number of hydrogen-bond donors (Lipinski definition) is 2. The molecule has 0 aliphatic carbocycles. The number of rotatable bonds is 3. The molecule has 3 N–H and O–H groups in total. The fraction of sp³-hybridized carbons (Fsp3) is 0.273. The average Bonchev–Trinajstić information content (AvgIpc) is 2.29. The number of hydrazine groups is 1. The van der Waals surface area contributed by atoms with E-state index in [1.54, 1.807) is 12.1 Å². The highest BCUT2D eigenvalue weighted by atomic mass is 35.5. The summed E-state index contributed by atoms with van der Waals surface area (Å²) in [6.45, 7) is 2.06. The van der Waals surface area contributed by atoms with Crippen molar-refractivity contribution in [3.63, 3.8) is 0 Å². The van der Waals surface area contributed by atoms with Gasteiger partial charge < -0.3 is 5.43 Å². The molecule has 0 radical (unpaired) electrons. The fourth-order valence-corrected chi connectivity index (χ4v) is 2.18. The van der Waals surface area contributed by atoms with Crippen molar-refractivity contribution >= 4 is 39.9 Å². The maximum Gasteiger partial charge on any atom is 0.151 e. The Hall–Kier alpha value is -1.10. The Kier molecular flexibility index (Phi) is 3.66. The zero-order chi connectivity index (χ0) is 12.4. The van der Waals surface area contributed by atoms with E-state index >= 15 is 0 Å². The molecular weight excluding hydrogens is 259 g/mol. The van der Waals surface area contributed by atoms with E-state index in [2.05, 4.69) is 22.3 Å². The maximum atomic E-state index is 6.12. The number of anilines is 1. The van der Waals surface area contributed by atoms with Crippen molar-refractivity contribution in [1.29, 1.82) is 0 Å². The number of fused-ring (bicyclic) bond motifs is 1. The van der Waals surface area contributed by atoms with Crippen LogP contribution in [-0.2, 0) is 6.42 Å². The topological polar surface area (TPSA) is 63.8 Å². The standard InChI is InChI=1S/C11H12Cl2N4/c1-2-3-9-15-10-7(11(16-9)17-14)4-6(12)5-8(10)13/h4-5H,2-3,14H2,1H3,(H,15,16,17). The van der Waals surface area contributed by atoms with Gasteiger partial charge in [0.05, 0.1) is 10.5 Å². The molecule has 0 saturated carbocycles. The summed E-state index contributed by atoms with van der Waals surface area (Å²) < 4.78 is 0. The molecule has 6 heteroatoms. The smallest absolute Gasteiger partial charge is 0.151 e.